The molecule has 146 valence electrons. The fourth-order valence-corrected chi connectivity index (χ4v) is 4.23. The smallest absolute Gasteiger partial charge is 0.119 e. The standard InChI is InChI=1S/C25H40O/c1-4-6-11-23(12-10-19-26-25-13-8-7-9-14-25)24-17-15-22(16-18-24)20-21(3)5-2/h7-9,13-14,17,21-23H,4-6,10-12,15-16,18-20H2,1-3H3. The molecule has 0 N–H and O–H groups in total. The van der Waals surface area contributed by atoms with Crippen molar-refractivity contribution in [3.8, 4) is 5.75 Å². The maximum absolute atomic E-state index is 5.90. The average Bonchev–Trinajstić information content (AvgIpc) is 2.69. The highest BCUT2D eigenvalue weighted by Gasteiger charge is 2.21. The zero-order valence-electron chi connectivity index (χ0n) is 17.4. The molecule has 0 saturated carbocycles. The molecular weight excluding hydrogens is 316 g/mol. The van der Waals surface area contributed by atoms with Gasteiger partial charge < -0.3 is 4.74 Å². The second-order valence-electron chi connectivity index (χ2n) is 8.31. The molecule has 26 heavy (non-hydrogen) atoms. The fraction of sp³-hybridized carbons (Fsp3) is 0.680. The van der Waals surface area contributed by atoms with Gasteiger partial charge in [0.2, 0.25) is 0 Å². The van der Waals surface area contributed by atoms with Crippen LogP contribution in [0.15, 0.2) is 42.0 Å². The molecule has 0 bridgehead atoms. The summed E-state index contributed by atoms with van der Waals surface area (Å²) in [6.07, 6.45) is 15.9. The van der Waals surface area contributed by atoms with Crippen LogP contribution in [-0.4, -0.2) is 6.61 Å². The van der Waals surface area contributed by atoms with Crippen molar-refractivity contribution in [2.24, 2.45) is 17.8 Å². The van der Waals surface area contributed by atoms with Crippen molar-refractivity contribution in [1.82, 2.24) is 0 Å². The Kier molecular flexibility index (Phi) is 9.89. The van der Waals surface area contributed by atoms with Crippen LogP contribution in [0, 0.1) is 17.8 Å². The molecule has 1 aliphatic carbocycles. The first-order valence-corrected chi connectivity index (χ1v) is 11.1. The van der Waals surface area contributed by atoms with Gasteiger partial charge in [-0.15, -0.1) is 0 Å². The van der Waals surface area contributed by atoms with Crippen molar-refractivity contribution in [3.63, 3.8) is 0 Å². The van der Waals surface area contributed by atoms with Gasteiger partial charge in [0, 0.05) is 0 Å². The molecular formula is C25H40O. The third kappa shape index (κ3) is 7.56. The zero-order chi connectivity index (χ0) is 18.6. The molecule has 1 nitrogen and oxygen atoms in total. The van der Waals surface area contributed by atoms with E-state index in [1.54, 1.807) is 5.57 Å². The van der Waals surface area contributed by atoms with E-state index in [1.807, 2.05) is 18.2 Å². The molecule has 0 spiro atoms. The van der Waals surface area contributed by atoms with E-state index in [0.29, 0.717) is 0 Å². The summed E-state index contributed by atoms with van der Waals surface area (Å²) in [5, 5.41) is 0. The Morgan fingerprint density at radius 3 is 2.50 bits per heavy atom. The summed E-state index contributed by atoms with van der Waals surface area (Å²) in [4.78, 5) is 0. The van der Waals surface area contributed by atoms with Crippen molar-refractivity contribution < 1.29 is 4.74 Å². The van der Waals surface area contributed by atoms with Crippen LogP contribution < -0.4 is 4.74 Å². The SMILES string of the molecule is CCCCC(CCCOc1ccccc1)C1=CCC(CC(C)CC)CC1. The van der Waals surface area contributed by atoms with Gasteiger partial charge in [-0.3, -0.25) is 0 Å². The minimum atomic E-state index is 0.791. The Morgan fingerprint density at radius 1 is 1.08 bits per heavy atom. The van der Waals surface area contributed by atoms with E-state index in [2.05, 4.69) is 39.0 Å². The second kappa shape index (κ2) is 12.2. The van der Waals surface area contributed by atoms with Crippen LogP contribution in [0.25, 0.3) is 0 Å². The lowest BCUT2D eigenvalue weighted by molar-refractivity contribution is 0.289. The van der Waals surface area contributed by atoms with Gasteiger partial charge in [-0.1, -0.05) is 69.9 Å². The number of para-hydroxylation sites is 1. The maximum atomic E-state index is 5.90. The van der Waals surface area contributed by atoms with Gasteiger partial charge in [0.25, 0.3) is 0 Å². The lowest BCUT2D eigenvalue weighted by Gasteiger charge is -2.28. The molecule has 1 aromatic rings. The fourth-order valence-electron chi connectivity index (χ4n) is 4.23. The topological polar surface area (TPSA) is 9.23 Å². The van der Waals surface area contributed by atoms with Gasteiger partial charge in [-0.25, -0.2) is 0 Å². The Hall–Kier alpha value is -1.24. The molecule has 0 radical (unpaired) electrons. The molecule has 3 atom stereocenters. The summed E-state index contributed by atoms with van der Waals surface area (Å²) < 4.78 is 5.90. The van der Waals surface area contributed by atoms with Crippen LogP contribution in [-0.2, 0) is 0 Å². The Labute approximate surface area is 162 Å². The molecule has 1 heteroatoms. The van der Waals surface area contributed by atoms with Gasteiger partial charge in [-0.05, 0) is 74.8 Å². The number of benzene rings is 1. The van der Waals surface area contributed by atoms with Crippen LogP contribution in [0.3, 0.4) is 0 Å². The molecule has 0 aromatic heterocycles. The van der Waals surface area contributed by atoms with Crippen molar-refractivity contribution in [2.45, 2.75) is 85.0 Å². The van der Waals surface area contributed by atoms with E-state index < -0.39 is 0 Å². The van der Waals surface area contributed by atoms with E-state index in [0.717, 1.165) is 36.5 Å². The van der Waals surface area contributed by atoms with Crippen LogP contribution in [0.5, 0.6) is 5.75 Å². The highest BCUT2D eigenvalue weighted by atomic mass is 16.5. The monoisotopic (exact) mass is 356 g/mol. The minimum absolute atomic E-state index is 0.791. The van der Waals surface area contributed by atoms with Crippen LogP contribution in [0.1, 0.15) is 85.0 Å². The Bertz CT molecular complexity index is 504. The first kappa shape index (κ1) is 21.1. The summed E-state index contributed by atoms with van der Waals surface area (Å²) in [5.74, 6) is 3.61. The minimum Gasteiger partial charge on any atom is -0.494 e. The third-order valence-corrected chi connectivity index (χ3v) is 6.13. The van der Waals surface area contributed by atoms with Crippen LogP contribution in [0.2, 0.25) is 0 Å². The molecule has 1 aliphatic rings. The van der Waals surface area contributed by atoms with Crippen LogP contribution in [0.4, 0.5) is 0 Å². The van der Waals surface area contributed by atoms with E-state index in [1.165, 1.54) is 57.8 Å². The van der Waals surface area contributed by atoms with Crippen molar-refractivity contribution >= 4 is 0 Å². The summed E-state index contributed by atoms with van der Waals surface area (Å²) in [5.41, 5.74) is 1.76. The summed E-state index contributed by atoms with van der Waals surface area (Å²) in [6.45, 7) is 7.90. The number of rotatable bonds is 12. The molecule has 1 aromatic carbocycles. The van der Waals surface area contributed by atoms with E-state index in [4.69, 9.17) is 4.74 Å². The normalized spacial score (nSPS) is 19.7. The largest absolute Gasteiger partial charge is 0.494 e. The first-order valence-electron chi connectivity index (χ1n) is 11.1. The average molecular weight is 357 g/mol. The van der Waals surface area contributed by atoms with Gasteiger partial charge in [-0.2, -0.15) is 0 Å². The summed E-state index contributed by atoms with van der Waals surface area (Å²) in [7, 11) is 0. The number of ether oxygens (including phenoxy) is 1. The predicted octanol–water partition coefficient (Wildman–Crippen LogP) is 7.81. The number of hydrogen-bond donors (Lipinski definition) is 0. The lowest BCUT2D eigenvalue weighted by atomic mass is 9.77. The van der Waals surface area contributed by atoms with Crippen molar-refractivity contribution in [3.05, 3.63) is 42.0 Å². The molecule has 0 saturated heterocycles. The number of allylic oxidation sites excluding steroid dienone is 2. The Morgan fingerprint density at radius 2 is 1.85 bits per heavy atom. The third-order valence-electron chi connectivity index (χ3n) is 6.13. The van der Waals surface area contributed by atoms with Crippen molar-refractivity contribution in [2.75, 3.05) is 6.61 Å². The van der Waals surface area contributed by atoms with E-state index in [9.17, 15) is 0 Å². The van der Waals surface area contributed by atoms with Gasteiger partial charge >= 0.3 is 0 Å². The maximum Gasteiger partial charge on any atom is 0.119 e. The number of unbranched alkanes of at least 4 members (excludes halogenated alkanes) is 1. The summed E-state index contributed by atoms with van der Waals surface area (Å²) in [6, 6.07) is 10.2. The first-order chi connectivity index (χ1) is 12.7. The summed E-state index contributed by atoms with van der Waals surface area (Å²) >= 11 is 0. The highest BCUT2D eigenvalue weighted by molar-refractivity contribution is 5.20. The zero-order valence-corrected chi connectivity index (χ0v) is 17.4. The lowest BCUT2D eigenvalue weighted by Crippen LogP contribution is -2.15. The second-order valence-corrected chi connectivity index (χ2v) is 8.31. The van der Waals surface area contributed by atoms with Crippen LogP contribution >= 0.6 is 0 Å². The molecule has 2 rings (SSSR count). The molecule has 0 heterocycles. The highest BCUT2D eigenvalue weighted by Crippen LogP contribution is 2.35. The molecule has 0 fully saturated rings. The predicted molar refractivity (Wildman–Crippen MR) is 114 cm³/mol. The van der Waals surface area contributed by atoms with Gasteiger partial charge in [0.15, 0.2) is 0 Å². The molecule has 3 unspecified atom stereocenters. The molecule has 0 amide bonds. The number of hydrogen-bond acceptors (Lipinski definition) is 1. The van der Waals surface area contributed by atoms with Crippen molar-refractivity contribution in [1.29, 1.82) is 0 Å². The van der Waals surface area contributed by atoms with Gasteiger partial charge in [0.1, 0.15) is 5.75 Å². The van der Waals surface area contributed by atoms with Gasteiger partial charge in [0.05, 0.1) is 6.61 Å². The Balaban J connectivity index is 1.78. The van der Waals surface area contributed by atoms with E-state index in [-0.39, 0.29) is 0 Å². The quantitative estimate of drug-likeness (QED) is 0.274. The molecule has 0 aliphatic heterocycles. The van der Waals surface area contributed by atoms with E-state index >= 15 is 0 Å².